The van der Waals surface area contributed by atoms with Gasteiger partial charge in [-0.05, 0) is 48.7 Å². The van der Waals surface area contributed by atoms with Crippen LogP contribution in [-0.2, 0) is 11.2 Å². The Balaban J connectivity index is 1.71. The summed E-state index contributed by atoms with van der Waals surface area (Å²) in [7, 11) is 0. The average molecular weight is 388 g/mol. The third kappa shape index (κ3) is 3.57. The summed E-state index contributed by atoms with van der Waals surface area (Å²) >= 11 is 0. The van der Waals surface area contributed by atoms with Gasteiger partial charge in [0.25, 0.3) is 5.91 Å². The summed E-state index contributed by atoms with van der Waals surface area (Å²) in [5.41, 5.74) is 1.80. The molecule has 3 heterocycles. The van der Waals surface area contributed by atoms with Crippen molar-refractivity contribution < 1.29 is 19.1 Å². The monoisotopic (exact) mass is 388 g/mol. The summed E-state index contributed by atoms with van der Waals surface area (Å²) in [6, 6.07) is 15.8. The fourth-order valence-corrected chi connectivity index (χ4v) is 3.59. The number of aliphatic hydroxyl groups is 1. The minimum absolute atomic E-state index is 0.0311. The van der Waals surface area contributed by atoms with Crippen molar-refractivity contribution in [2.24, 2.45) is 0 Å². The lowest BCUT2D eigenvalue weighted by Crippen LogP contribution is -2.33. The van der Waals surface area contributed by atoms with Crippen molar-refractivity contribution in [3.05, 3.63) is 101 Å². The van der Waals surface area contributed by atoms with Gasteiger partial charge in [0.15, 0.2) is 11.5 Å². The first-order valence-electron chi connectivity index (χ1n) is 9.35. The molecule has 0 radical (unpaired) electrons. The van der Waals surface area contributed by atoms with Gasteiger partial charge in [-0.3, -0.25) is 14.6 Å². The zero-order valence-corrected chi connectivity index (χ0v) is 15.9. The number of pyridine rings is 1. The molecule has 0 bridgehead atoms. The van der Waals surface area contributed by atoms with E-state index in [-0.39, 0.29) is 11.3 Å². The summed E-state index contributed by atoms with van der Waals surface area (Å²) in [5, 5.41) is 10.6. The van der Waals surface area contributed by atoms with Crippen LogP contribution in [0, 0.1) is 6.92 Å². The van der Waals surface area contributed by atoms with Crippen molar-refractivity contribution in [2.45, 2.75) is 19.4 Å². The Labute approximate surface area is 168 Å². The molecule has 1 amide bonds. The molecule has 29 heavy (non-hydrogen) atoms. The van der Waals surface area contributed by atoms with Gasteiger partial charge < -0.3 is 14.4 Å². The molecule has 6 nitrogen and oxygen atoms in total. The number of aromatic nitrogens is 1. The minimum atomic E-state index is -0.702. The van der Waals surface area contributed by atoms with Gasteiger partial charge in [-0.2, -0.15) is 0 Å². The molecule has 0 saturated heterocycles. The lowest BCUT2D eigenvalue weighted by atomic mass is 9.95. The molecule has 0 aliphatic carbocycles. The lowest BCUT2D eigenvalue weighted by Gasteiger charge is -2.26. The zero-order chi connectivity index (χ0) is 20.4. The summed E-state index contributed by atoms with van der Waals surface area (Å²) in [6.07, 6.45) is 3.80. The van der Waals surface area contributed by atoms with Gasteiger partial charge in [-0.25, -0.2) is 0 Å². The predicted molar refractivity (Wildman–Crippen MR) is 106 cm³/mol. The topological polar surface area (TPSA) is 83.6 Å². The summed E-state index contributed by atoms with van der Waals surface area (Å²) in [5.74, 6) is -0.902. The molecule has 1 aliphatic heterocycles. The maximum Gasteiger partial charge on any atom is 0.290 e. The largest absolute Gasteiger partial charge is 0.503 e. The number of hydrogen-bond donors (Lipinski definition) is 1. The number of carbonyl (C=O) groups is 2. The molecule has 0 unspecified atom stereocenters. The Hall–Kier alpha value is -3.67. The van der Waals surface area contributed by atoms with Crippen LogP contribution in [0.15, 0.2) is 82.7 Å². The SMILES string of the molecule is Cc1ccc(C(=O)C2=C(O)C(=O)N(CCc3ccccc3)[C@H]2c2ccncc2)o1. The molecule has 2 aromatic heterocycles. The van der Waals surface area contributed by atoms with Crippen LogP contribution in [0.25, 0.3) is 0 Å². The Kier molecular flexibility index (Phi) is 4.99. The molecule has 0 spiro atoms. The van der Waals surface area contributed by atoms with Crippen molar-refractivity contribution >= 4 is 11.7 Å². The first kappa shape index (κ1) is 18.7. The molecule has 3 aromatic rings. The van der Waals surface area contributed by atoms with Gasteiger partial charge in [0, 0.05) is 18.9 Å². The molecular formula is C23H20N2O4. The number of nitrogens with zero attached hydrogens (tertiary/aromatic N) is 2. The van der Waals surface area contributed by atoms with Gasteiger partial charge in [-0.15, -0.1) is 0 Å². The predicted octanol–water partition coefficient (Wildman–Crippen LogP) is 3.80. The van der Waals surface area contributed by atoms with Crippen molar-refractivity contribution in [1.29, 1.82) is 0 Å². The van der Waals surface area contributed by atoms with E-state index in [1.165, 1.54) is 4.90 Å². The number of benzene rings is 1. The second-order valence-corrected chi connectivity index (χ2v) is 6.92. The van der Waals surface area contributed by atoms with Crippen LogP contribution in [0.1, 0.15) is 33.5 Å². The quantitative estimate of drug-likeness (QED) is 0.650. The molecule has 6 heteroatoms. The number of hydrogen-bond acceptors (Lipinski definition) is 5. The number of carbonyl (C=O) groups excluding carboxylic acids is 2. The molecular weight excluding hydrogens is 368 g/mol. The Bertz CT molecular complexity index is 1070. The van der Waals surface area contributed by atoms with Crippen LogP contribution in [-0.4, -0.2) is 33.2 Å². The fourth-order valence-electron chi connectivity index (χ4n) is 3.59. The zero-order valence-electron chi connectivity index (χ0n) is 15.9. The average Bonchev–Trinajstić information content (AvgIpc) is 3.29. The molecule has 0 saturated carbocycles. The molecule has 1 aliphatic rings. The Morgan fingerprint density at radius 2 is 1.83 bits per heavy atom. The van der Waals surface area contributed by atoms with Gasteiger partial charge in [0.05, 0.1) is 11.6 Å². The fraction of sp³-hybridized carbons (Fsp3) is 0.174. The van der Waals surface area contributed by atoms with Gasteiger partial charge in [0.2, 0.25) is 5.78 Å². The van der Waals surface area contributed by atoms with E-state index in [2.05, 4.69) is 4.98 Å². The molecule has 1 atom stereocenters. The van der Waals surface area contributed by atoms with Crippen molar-refractivity contribution in [3.8, 4) is 0 Å². The highest BCUT2D eigenvalue weighted by atomic mass is 16.3. The minimum Gasteiger partial charge on any atom is -0.503 e. The maximum absolute atomic E-state index is 13.1. The van der Waals surface area contributed by atoms with E-state index in [1.54, 1.807) is 43.6 Å². The van der Waals surface area contributed by atoms with E-state index in [0.29, 0.717) is 24.3 Å². The number of furan rings is 1. The molecule has 1 N–H and O–H groups in total. The Morgan fingerprint density at radius 3 is 2.48 bits per heavy atom. The second kappa shape index (κ2) is 7.75. The summed E-state index contributed by atoms with van der Waals surface area (Å²) in [6.45, 7) is 2.09. The standard InChI is InChI=1S/C23H20N2O4/c1-15-7-8-18(29-15)21(26)19-20(17-9-12-24-13-10-17)25(23(28)22(19)27)14-11-16-5-3-2-4-6-16/h2-10,12-13,20,27H,11,14H2,1H3/t20-/m0/s1. The van der Waals surface area contributed by atoms with Crippen LogP contribution in [0.3, 0.4) is 0 Å². The molecule has 1 aromatic carbocycles. The smallest absolute Gasteiger partial charge is 0.290 e. The summed E-state index contributed by atoms with van der Waals surface area (Å²) in [4.78, 5) is 31.5. The third-order valence-electron chi connectivity index (χ3n) is 5.02. The third-order valence-corrected chi connectivity index (χ3v) is 5.02. The van der Waals surface area contributed by atoms with E-state index in [4.69, 9.17) is 4.42 Å². The first-order chi connectivity index (χ1) is 14.1. The number of ketones is 1. The molecule has 4 rings (SSSR count). The van der Waals surface area contributed by atoms with E-state index in [0.717, 1.165) is 5.56 Å². The van der Waals surface area contributed by atoms with E-state index in [1.807, 2.05) is 30.3 Å². The van der Waals surface area contributed by atoms with E-state index >= 15 is 0 Å². The normalized spacial score (nSPS) is 16.5. The van der Waals surface area contributed by atoms with Crippen molar-refractivity contribution in [2.75, 3.05) is 6.54 Å². The number of aryl methyl sites for hydroxylation is 1. The number of amides is 1. The first-order valence-corrected chi connectivity index (χ1v) is 9.35. The van der Waals surface area contributed by atoms with Crippen molar-refractivity contribution in [3.63, 3.8) is 0 Å². The van der Waals surface area contributed by atoms with E-state index in [9.17, 15) is 14.7 Å². The van der Waals surface area contributed by atoms with Gasteiger partial charge >= 0.3 is 0 Å². The van der Waals surface area contributed by atoms with Crippen molar-refractivity contribution in [1.82, 2.24) is 9.88 Å². The van der Waals surface area contributed by atoms with E-state index < -0.39 is 23.5 Å². The van der Waals surface area contributed by atoms with Crippen LogP contribution in [0.5, 0.6) is 0 Å². The van der Waals surface area contributed by atoms with Crippen LogP contribution in [0.2, 0.25) is 0 Å². The molecule has 0 fully saturated rings. The lowest BCUT2D eigenvalue weighted by molar-refractivity contribution is -0.129. The van der Waals surface area contributed by atoms with Gasteiger partial charge in [0.1, 0.15) is 5.76 Å². The molecule has 146 valence electrons. The number of aliphatic hydroxyl groups excluding tert-OH is 1. The second-order valence-electron chi connectivity index (χ2n) is 6.92. The number of rotatable bonds is 6. The Morgan fingerprint density at radius 1 is 1.10 bits per heavy atom. The van der Waals surface area contributed by atoms with Gasteiger partial charge in [-0.1, -0.05) is 30.3 Å². The highest BCUT2D eigenvalue weighted by Crippen LogP contribution is 2.39. The highest BCUT2D eigenvalue weighted by molar-refractivity contribution is 6.15. The number of Topliss-reactive ketones (excluding diaryl/α,β-unsaturated/α-hetero) is 1. The summed E-state index contributed by atoms with van der Waals surface area (Å²) < 4.78 is 5.45. The highest BCUT2D eigenvalue weighted by Gasteiger charge is 2.44. The van der Waals surface area contributed by atoms with Crippen LogP contribution in [0.4, 0.5) is 0 Å². The maximum atomic E-state index is 13.1. The van der Waals surface area contributed by atoms with Crippen LogP contribution >= 0.6 is 0 Å². The van der Waals surface area contributed by atoms with Crippen LogP contribution < -0.4 is 0 Å².